The van der Waals surface area contributed by atoms with E-state index in [9.17, 15) is 4.79 Å². The van der Waals surface area contributed by atoms with Gasteiger partial charge in [0.05, 0.1) is 36.3 Å². The summed E-state index contributed by atoms with van der Waals surface area (Å²) in [4.78, 5) is 11.4. The molecule has 0 atom stereocenters. The standard InChI is InChI=1S/C13H14N4O2/c1-19-13(18)9-4-5-11(14)12(7-9)15-8-10-3-2-6-16-17-10/h2-7,15H,8,14H2,1H3. The average molecular weight is 258 g/mol. The molecule has 0 aliphatic carbocycles. The number of hydrogen-bond acceptors (Lipinski definition) is 6. The first-order valence-electron chi connectivity index (χ1n) is 5.69. The molecular weight excluding hydrogens is 244 g/mol. The normalized spacial score (nSPS) is 9.95. The van der Waals surface area contributed by atoms with Gasteiger partial charge < -0.3 is 15.8 Å². The molecule has 0 bridgehead atoms. The summed E-state index contributed by atoms with van der Waals surface area (Å²) >= 11 is 0. The second-order valence-corrected chi connectivity index (χ2v) is 3.86. The Morgan fingerprint density at radius 3 is 2.95 bits per heavy atom. The quantitative estimate of drug-likeness (QED) is 0.637. The van der Waals surface area contributed by atoms with Crippen LogP contribution in [0.15, 0.2) is 36.5 Å². The lowest BCUT2D eigenvalue weighted by molar-refractivity contribution is 0.0601. The van der Waals surface area contributed by atoms with E-state index in [2.05, 4.69) is 20.3 Å². The highest BCUT2D eigenvalue weighted by molar-refractivity contribution is 5.91. The number of nitrogen functional groups attached to an aromatic ring is 1. The van der Waals surface area contributed by atoms with E-state index in [1.165, 1.54) is 7.11 Å². The minimum atomic E-state index is -0.400. The predicted octanol–water partition coefficient (Wildman–Crippen LogP) is 1.46. The molecule has 1 heterocycles. The Labute approximate surface area is 110 Å². The molecule has 2 aromatic rings. The Morgan fingerprint density at radius 1 is 1.42 bits per heavy atom. The first-order chi connectivity index (χ1) is 9.20. The molecule has 6 heteroatoms. The summed E-state index contributed by atoms with van der Waals surface area (Å²) in [5.74, 6) is -0.400. The minimum absolute atomic E-state index is 0.400. The third-order valence-electron chi connectivity index (χ3n) is 2.56. The Kier molecular flexibility index (Phi) is 3.92. The fourth-order valence-corrected chi connectivity index (χ4v) is 1.57. The van der Waals surface area contributed by atoms with Crippen LogP contribution in [-0.2, 0) is 11.3 Å². The largest absolute Gasteiger partial charge is 0.465 e. The molecule has 1 aromatic heterocycles. The Bertz CT molecular complexity index is 572. The van der Waals surface area contributed by atoms with Crippen LogP contribution < -0.4 is 11.1 Å². The molecule has 3 N–H and O–H groups in total. The monoisotopic (exact) mass is 258 g/mol. The number of nitrogens with one attached hydrogen (secondary N) is 1. The SMILES string of the molecule is COC(=O)c1ccc(N)c(NCc2cccnn2)c1. The minimum Gasteiger partial charge on any atom is -0.465 e. The molecule has 0 aliphatic heterocycles. The third-order valence-corrected chi connectivity index (χ3v) is 2.56. The van der Waals surface area contributed by atoms with Crippen molar-refractivity contribution in [3.8, 4) is 0 Å². The van der Waals surface area contributed by atoms with Gasteiger partial charge >= 0.3 is 5.97 Å². The summed E-state index contributed by atoms with van der Waals surface area (Å²) < 4.78 is 4.66. The number of hydrogen-bond donors (Lipinski definition) is 2. The Balaban J connectivity index is 2.13. The van der Waals surface area contributed by atoms with Gasteiger partial charge in [-0.3, -0.25) is 0 Å². The van der Waals surface area contributed by atoms with Crippen LogP contribution in [0.1, 0.15) is 16.1 Å². The topological polar surface area (TPSA) is 90.1 Å². The predicted molar refractivity (Wildman–Crippen MR) is 71.6 cm³/mol. The number of carbonyl (C=O) groups excluding carboxylic acids is 1. The van der Waals surface area contributed by atoms with E-state index < -0.39 is 5.97 Å². The van der Waals surface area contributed by atoms with Crippen LogP contribution >= 0.6 is 0 Å². The summed E-state index contributed by atoms with van der Waals surface area (Å²) in [7, 11) is 1.34. The number of carbonyl (C=O) groups is 1. The second kappa shape index (κ2) is 5.81. The first kappa shape index (κ1) is 12.8. The van der Waals surface area contributed by atoms with Crippen molar-refractivity contribution in [2.45, 2.75) is 6.54 Å². The van der Waals surface area contributed by atoms with Gasteiger partial charge in [0.15, 0.2) is 0 Å². The van der Waals surface area contributed by atoms with Crippen molar-refractivity contribution in [2.75, 3.05) is 18.2 Å². The third kappa shape index (κ3) is 3.19. The van der Waals surface area contributed by atoms with Crippen LogP contribution in [0, 0.1) is 0 Å². The molecule has 98 valence electrons. The molecule has 0 saturated heterocycles. The van der Waals surface area contributed by atoms with Gasteiger partial charge in [-0.1, -0.05) is 0 Å². The van der Waals surface area contributed by atoms with Gasteiger partial charge in [-0.2, -0.15) is 10.2 Å². The maximum Gasteiger partial charge on any atom is 0.337 e. The molecule has 2 rings (SSSR count). The fraction of sp³-hybridized carbons (Fsp3) is 0.154. The van der Waals surface area contributed by atoms with Crippen LogP contribution in [-0.4, -0.2) is 23.3 Å². The number of anilines is 2. The maximum absolute atomic E-state index is 11.4. The van der Waals surface area contributed by atoms with Gasteiger partial charge in [0.1, 0.15) is 0 Å². The first-order valence-corrected chi connectivity index (χ1v) is 5.69. The summed E-state index contributed by atoms with van der Waals surface area (Å²) in [5.41, 5.74) is 8.28. The molecule has 6 nitrogen and oxygen atoms in total. The molecule has 19 heavy (non-hydrogen) atoms. The van der Waals surface area contributed by atoms with E-state index in [1.807, 2.05) is 6.07 Å². The van der Waals surface area contributed by atoms with Crippen molar-refractivity contribution in [2.24, 2.45) is 0 Å². The molecule has 0 radical (unpaired) electrons. The number of benzene rings is 1. The number of nitrogens with two attached hydrogens (primary N) is 1. The number of rotatable bonds is 4. The molecule has 0 aliphatic rings. The van der Waals surface area contributed by atoms with Gasteiger partial charge in [-0.15, -0.1) is 0 Å². The lowest BCUT2D eigenvalue weighted by atomic mass is 10.1. The van der Waals surface area contributed by atoms with E-state index in [-0.39, 0.29) is 0 Å². The van der Waals surface area contributed by atoms with Crippen LogP contribution in [0.25, 0.3) is 0 Å². The summed E-state index contributed by atoms with van der Waals surface area (Å²) in [5, 5.41) is 10.8. The molecule has 1 aromatic carbocycles. The number of aromatic nitrogens is 2. The number of ether oxygens (including phenoxy) is 1. The van der Waals surface area contributed by atoms with E-state index in [0.29, 0.717) is 23.5 Å². The van der Waals surface area contributed by atoms with Crippen LogP contribution in [0.2, 0.25) is 0 Å². The maximum atomic E-state index is 11.4. The Morgan fingerprint density at radius 2 is 2.26 bits per heavy atom. The van der Waals surface area contributed by atoms with Crippen molar-refractivity contribution in [3.05, 3.63) is 47.8 Å². The highest BCUT2D eigenvalue weighted by atomic mass is 16.5. The van der Waals surface area contributed by atoms with E-state index in [0.717, 1.165) is 5.69 Å². The zero-order valence-corrected chi connectivity index (χ0v) is 10.5. The van der Waals surface area contributed by atoms with Gasteiger partial charge in [-0.25, -0.2) is 4.79 Å². The smallest absolute Gasteiger partial charge is 0.337 e. The van der Waals surface area contributed by atoms with Crippen molar-refractivity contribution >= 4 is 17.3 Å². The van der Waals surface area contributed by atoms with E-state index in [1.54, 1.807) is 30.5 Å². The zero-order chi connectivity index (χ0) is 13.7. The van der Waals surface area contributed by atoms with Crippen LogP contribution in [0.5, 0.6) is 0 Å². The lowest BCUT2D eigenvalue weighted by Crippen LogP contribution is -2.07. The van der Waals surface area contributed by atoms with Crippen molar-refractivity contribution in [3.63, 3.8) is 0 Å². The summed E-state index contributed by atoms with van der Waals surface area (Å²) in [6, 6.07) is 8.58. The number of nitrogens with zero attached hydrogens (tertiary/aromatic N) is 2. The van der Waals surface area contributed by atoms with E-state index >= 15 is 0 Å². The zero-order valence-electron chi connectivity index (χ0n) is 10.5. The van der Waals surface area contributed by atoms with Gasteiger partial charge in [0.25, 0.3) is 0 Å². The van der Waals surface area contributed by atoms with Crippen LogP contribution in [0.4, 0.5) is 11.4 Å². The van der Waals surface area contributed by atoms with Gasteiger partial charge in [-0.05, 0) is 30.3 Å². The molecule has 0 saturated carbocycles. The highest BCUT2D eigenvalue weighted by Gasteiger charge is 2.08. The molecular formula is C13H14N4O2. The number of esters is 1. The van der Waals surface area contributed by atoms with E-state index in [4.69, 9.17) is 5.73 Å². The summed E-state index contributed by atoms with van der Waals surface area (Å²) in [6.45, 7) is 0.475. The summed E-state index contributed by atoms with van der Waals surface area (Å²) in [6.07, 6.45) is 1.61. The van der Waals surface area contributed by atoms with Gasteiger partial charge in [0.2, 0.25) is 0 Å². The molecule has 0 amide bonds. The van der Waals surface area contributed by atoms with Crippen LogP contribution in [0.3, 0.4) is 0 Å². The lowest BCUT2D eigenvalue weighted by Gasteiger charge is -2.10. The fourth-order valence-electron chi connectivity index (χ4n) is 1.57. The second-order valence-electron chi connectivity index (χ2n) is 3.86. The molecule has 0 fully saturated rings. The highest BCUT2D eigenvalue weighted by Crippen LogP contribution is 2.21. The molecule has 0 unspecified atom stereocenters. The van der Waals surface area contributed by atoms with Crippen molar-refractivity contribution < 1.29 is 9.53 Å². The molecule has 0 spiro atoms. The average Bonchev–Trinajstić information content (AvgIpc) is 2.46. The van der Waals surface area contributed by atoms with Crippen molar-refractivity contribution in [1.82, 2.24) is 10.2 Å². The van der Waals surface area contributed by atoms with Crippen molar-refractivity contribution in [1.29, 1.82) is 0 Å². The number of methoxy groups -OCH3 is 1. The Hall–Kier alpha value is -2.63. The van der Waals surface area contributed by atoms with Gasteiger partial charge in [0, 0.05) is 6.20 Å².